The van der Waals surface area contributed by atoms with E-state index in [0.29, 0.717) is 15.4 Å². The van der Waals surface area contributed by atoms with Gasteiger partial charge < -0.3 is 0 Å². The standard InChI is InChI=1S/C15H17F3S3/c1-10-7-12(15(16,17)18)5-3-11(10)4-6-14-20-8-13(19-2)9-21-14/h3-7,13-14H,8-9H2,1-2H3. The van der Waals surface area contributed by atoms with Gasteiger partial charge >= 0.3 is 6.18 Å². The van der Waals surface area contributed by atoms with Crippen LogP contribution in [0.3, 0.4) is 0 Å². The van der Waals surface area contributed by atoms with E-state index in [1.807, 2.05) is 41.4 Å². The number of aryl methyl sites for hydroxylation is 1. The average molecular weight is 350 g/mol. The van der Waals surface area contributed by atoms with Crippen LogP contribution in [0.25, 0.3) is 6.08 Å². The molecule has 1 aromatic rings. The van der Waals surface area contributed by atoms with Crippen LogP contribution in [-0.4, -0.2) is 27.6 Å². The molecule has 0 aromatic heterocycles. The minimum absolute atomic E-state index is 0.398. The molecule has 0 unspecified atom stereocenters. The Labute approximate surface area is 136 Å². The van der Waals surface area contributed by atoms with E-state index in [0.717, 1.165) is 23.1 Å². The van der Waals surface area contributed by atoms with E-state index in [-0.39, 0.29) is 0 Å². The Morgan fingerprint density at radius 2 is 1.90 bits per heavy atom. The van der Waals surface area contributed by atoms with Gasteiger partial charge in [-0.2, -0.15) is 24.9 Å². The first-order chi connectivity index (χ1) is 9.90. The zero-order chi connectivity index (χ0) is 15.5. The van der Waals surface area contributed by atoms with Crippen molar-refractivity contribution in [3.05, 3.63) is 41.0 Å². The van der Waals surface area contributed by atoms with Crippen molar-refractivity contribution in [3.63, 3.8) is 0 Å². The fourth-order valence-electron chi connectivity index (χ4n) is 1.97. The first-order valence-corrected chi connectivity index (χ1v) is 9.90. The highest BCUT2D eigenvalue weighted by molar-refractivity contribution is 8.19. The minimum Gasteiger partial charge on any atom is -0.166 e. The van der Waals surface area contributed by atoms with Crippen LogP contribution in [0.4, 0.5) is 13.2 Å². The molecule has 0 amide bonds. The smallest absolute Gasteiger partial charge is 0.166 e. The lowest BCUT2D eigenvalue weighted by Crippen LogP contribution is -2.18. The van der Waals surface area contributed by atoms with Gasteiger partial charge in [-0.15, -0.1) is 23.5 Å². The molecule has 0 nitrogen and oxygen atoms in total. The molecular weight excluding hydrogens is 333 g/mol. The third-order valence-electron chi connectivity index (χ3n) is 3.26. The summed E-state index contributed by atoms with van der Waals surface area (Å²) in [6.07, 6.45) is 1.91. The van der Waals surface area contributed by atoms with Gasteiger partial charge in [0.2, 0.25) is 0 Å². The minimum atomic E-state index is -4.27. The van der Waals surface area contributed by atoms with Crippen LogP contribution in [-0.2, 0) is 6.18 Å². The summed E-state index contributed by atoms with van der Waals surface area (Å²) in [5.41, 5.74) is 0.937. The molecule has 21 heavy (non-hydrogen) atoms. The lowest BCUT2D eigenvalue weighted by Gasteiger charge is -2.24. The van der Waals surface area contributed by atoms with E-state index in [4.69, 9.17) is 0 Å². The first-order valence-electron chi connectivity index (χ1n) is 6.52. The molecule has 0 bridgehead atoms. The Bertz CT molecular complexity index is 503. The molecule has 1 saturated heterocycles. The lowest BCUT2D eigenvalue weighted by molar-refractivity contribution is -0.137. The summed E-state index contributed by atoms with van der Waals surface area (Å²) < 4.78 is 38.3. The van der Waals surface area contributed by atoms with Crippen molar-refractivity contribution in [2.75, 3.05) is 17.8 Å². The second-order valence-corrected chi connectivity index (χ2v) is 8.61. The van der Waals surface area contributed by atoms with Gasteiger partial charge in [0.05, 0.1) is 10.1 Å². The monoisotopic (exact) mass is 350 g/mol. The van der Waals surface area contributed by atoms with Crippen LogP contribution >= 0.6 is 35.3 Å². The van der Waals surface area contributed by atoms with Crippen molar-refractivity contribution in [2.24, 2.45) is 0 Å². The number of benzene rings is 1. The molecule has 1 aliphatic heterocycles. The predicted octanol–water partition coefficient (Wildman–Crippen LogP) is 5.56. The third-order valence-corrected chi connectivity index (χ3v) is 7.66. The molecular formula is C15H17F3S3. The molecule has 1 fully saturated rings. The van der Waals surface area contributed by atoms with Gasteiger partial charge in [0.15, 0.2) is 0 Å². The van der Waals surface area contributed by atoms with Gasteiger partial charge in [-0.3, -0.25) is 0 Å². The summed E-state index contributed by atoms with van der Waals surface area (Å²) in [6, 6.07) is 3.92. The normalized spacial score (nSPS) is 23.7. The van der Waals surface area contributed by atoms with Crippen molar-refractivity contribution in [1.82, 2.24) is 0 Å². The van der Waals surface area contributed by atoms with Crippen molar-refractivity contribution in [3.8, 4) is 0 Å². The molecule has 0 radical (unpaired) electrons. The van der Waals surface area contributed by atoms with Gasteiger partial charge in [-0.05, 0) is 36.4 Å². The molecule has 0 saturated carbocycles. The second-order valence-electron chi connectivity index (χ2n) is 4.82. The maximum atomic E-state index is 12.6. The fourth-order valence-corrected chi connectivity index (χ4v) is 5.96. The van der Waals surface area contributed by atoms with E-state index in [9.17, 15) is 13.2 Å². The number of halogens is 3. The Kier molecular flexibility index (Phi) is 6.03. The van der Waals surface area contributed by atoms with Crippen LogP contribution in [0.2, 0.25) is 0 Å². The molecule has 0 aliphatic carbocycles. The van der Waals surface area contributed by atoms with Crippen LogP contribution in [0.5, 0.6) is 0 Å². The van der Waals surface area contributed by atoms with E-state index < -0.39 is 11.7 Å². The largest absolute Gasteiger partial charge is 0.416 e. The Morgan fingerprint density at radius 3 is 2.43 bits per heavy atom. The zero-order valence-corrected chi connectivity index (χ0v) is 14.3. The van der Waals surface area contributed by atoms with Crippen molar-refractivity contribution >= 4 is 41.4 Å². The number of hydrogen-bond acceptors (Lipinski definition) is 3. The molecule has 0 spiro atoms. The number of rotatable bonds is 3. The molecule has 1 heterocycles. The number of alkyl halides is 3. The van der Waals surface area contributed by atoms with Crippen LogP contribution in [0.1, 0.15) is 16.7 Å². The van der Waals surface area contributed by atoms with Crippen LogP contribution in [0.15, 0.2) is 24.3 Å². The van der Waals surface area contributed by atoms with E-state index in [2.05, 4.69) is 12.3 Å². The van der Waals surface area contributed by atoms with Crippen molar-refractivity contribution in [2.45, 2.75) is 22.9 Å². The van der Waals surface area contributed by atoms with Crippen LogP contribution in [0, 0.1) is 6.92 Å². The maximum absolute atomic E-state index is 12.6. The van der Waals surface area contributed by atoms with Gasteiger partial charge in [0.25, 0.3) is 0 Å². The summed E-state index contributed by atoms with van der Waals surface area (Å²) in [6.45, 7) is 1.72. The summed E-state index contributed by atoms with van der Waals surface area (Å²) in [7, 11) is 0. The highest BCUT2D eigenvalue weighted by Crippen LogP contribution is 2.36. The highest BCUT2D eigenvalue weighted by Gasteiger charge is 2.30. The fraction of sp³-hybridized carbons (Fsp3) is 0.467. The quantitative estimate of drug-likeness (QED) is 0.700. The number of thioether (sulfide) groups is 3. The summed E-state index contributed by atoms with van der Waals surface area (Å²) in [5.74, 6) is 2.27. The summed E-state index contributed by atoms with van der Waals surface area (Å²) >= 11 is 5.70. The van der Waals surface area contributed by atoms with Crippen LogP contribution < -0.4 is 0 Å². The number of hydrogen-bond donors (Lipinski definition) is 0. The van der Waals surface area contributed by atoms with E-state index in [1.165, 1.54) is 6.07 Å². The maximum Gasteiger partial charge on any atom is 0.416 e. The SMILES string of the molecule is CSC1CSC(C=Cc2ccc(C(F)(F)F)cc2C)SC1. The van der Waals surface area contributed by atoms with Gasteiger partial charge in [0, 0.05) is 16.8 Å². The lowest BCUT2D eigenvalue weighted by atomic mass is 10.0. The third kappa shape index (κ3) is 4.89. The average Bonchev–Trinajstić information content (AvgIpc) is 2.45. The topological polar surface area (TPSA) is 0 Å². The molecule has 0 atom stereocenters. The Balaban J connectivity index is 2.02. The molecule has 116 valence electrons. The zero-order valence-electron chi connectivity index (χ0n) is 11.8. The van der Waals surface area contributed by atoms with Gasteiger partial charge in [-0.25, -0.2) is 0 Å². The molecule has 2 rings (SSSR count). The highest BCUT2D eigenvalue weighted by atomic mass is 32.2. The van der Waals surface area contributed by atoms with E-state index in [1.54, 1.807) is 13.0 Å². The second kappa shape index (κ2) is 7.38. The Morgan fingerprint density at radius 1 is 1.24 bits per heavy atom. The van der Waals surface area contributed by atoms with E-state index >= 15 is 0 Å². The molecule has 0 N–H and O–H groups in total. The Hall–Kier alpha value is -0.200. The summed E-state index contributed by atoms with van der Waals surface area (Å²) in [4.78, 5) is 0. The summed E-state index contributed by atoms with van der Waals surface area (Å²) in [5, 5.41) is 0.706. The molecule has 6 heteroatoms. The van der Waals surface area contributed by atoms with Gasteiger partial charge in [0.1, 0.15) is 0 Å². The van der Waals surface area contributed by atoms with Crippen molar-refractivity contribution in [1.29, 1.82) is 0 Å². The van der Waals surface area contributed by atoms with Gasteiger partial charge in [-0.1, -0.05) is 18.2 Å². The molecule has 1 aromatic carbocycles. The first kappa shape index (κ1) is 17.2. The van der Waals surface area contributed by atoms with Crippen molar-refractivity contribution < 1.29 is 13.2 Å². The molecule has 1 aliphatic rings. The predicted molar refractivity (Wildman–Crippen MR) is 91.2 cm³/mol.